The fourth-order valence-electron chi connectivity index (χ4n) is 2.87. The van der Waals surface area contributed by atoms with E-state index < -0.39 is 0 Å². The summed E-state index contributed by atoms with van der Waals surface area (Å²) in [4.78, 5) is 23.2. The van der Waals surface area contributed by atoms with E-state index in [1.165, 1.54) is 22.7 Å². The number of nitrogens with zero attached hydrogens (tertiary/aromatic N) is 3. The quantitative estimate of drug-likeness (QED) is 0.508. The molecule has 0 spiro atoms. The molecule has 0 saturated carbocycles. The number of hydrogen-bond donors (Lipinski definition) is 0. The third-order valence-corrected chi connectivity index (χ3v) is 6.47. The summed E-state index contributed by atoms with van der Waals surface area (Å²) < 4.78 is 7.92. The normalized spacial score (nSPS) is 14.7. The predicted octanol–water partition coefficient (Wildman–Crippen LogP) is 4.46. The molecule has 5 nitrogen and oxygen atoms in total. The molecule has 0 radical (unpaired) electrons. The number of carbonyl (C=O) groups is 1. The molecule has 8 heteroatoms. The number of ether oxygens (including phenoxy) is 1. The van der Waals surface area contributed by atoms with Crippen molar-refractivity contribution in [1.29, 1.82) is 0 Å². The summed E-state index contributed by atoms with van der Waals surface area (Å²) in [5.74, 6) is -0.0432. The van der Waals surface area contributed by atoms with Crippen molar-refractivity contribution in [3.8, 4) is 5.19 Å². The molecule has 1 aliphatic heterocycles. The highest BCUT2D eigenvalue weighted by Crippen LogP contribution is 2.33. The average Bonchev–Trinajstić information content (AvgIpc) is 3.21. The van der Waals surface area contributed by atoms with Crippen molar-refractivity contribution in [1.82, 2.24) is 14.9 Å². The van der Waals surface area contributed by atoms with Crippen LogP contribution >= 0.6 is 34.3 Å². The monoisotopic (exact) mass is 401 g/mol. The summed E-state index contributed by atoms with van der Waals surface area (Å²) >= 11 is 9.04. The summed E-state index contributed by atoms with van der Waals surface area (Å²) in [5.41, 5.74) is 1.62. The molecule has 0 N–H and O–H groups in total. The van der Waals surface area contributed by atoms with Gasteiger partial charge in [0.25, 0.3) is 11.1 Å². The Morgan fingerprint density at radius 3 is 2.69 bits per heavy atom. The van der Waals surface area contributed by atoms with Crippen LogP contribution < -0.4 is 4.74 Å². The van der Waals surface area contributed by atoms with Crippen LogP contribution in [0.5, 0.6) is 5.19 Å². The van der Waals surface area contributed by atoms with E-state index >= 15 is 0 Å². The number of halogens is 1. The first kappa shape index (κ1) is 16.0. The topological polar surface area (TPSA) is 55.3 Å². The molecule has 3 heterocycles. The summed E-state index contributed by atoms with van der Waals surface area (Å²) in [6, 6.07) is 13.5. The Morgan fingerprint density at radius 2 is 1.88 bits per heavy atom. The van der Waals surface area contributed by atoms with Crippen LogP contribution in [0.4, 0.5) is 0 Å². The van der Waals surface area contributed by atoms with Gasteiger partial charge in [-0.15, -0.1) is 11.3 Å². The highest BCUT2D eigenvalue weighted by atomic mass is 35.5. The van der Waals surface area contributed by atoms with Crippen LogP contribution in [0.15, 0.2) is 42.5 Å². The molecule has 0 atom stereocenters. The number of rotatable bonds is 3. The second kappa shape index (κ2) is 6.19. The predicted molar refractivity (Wildman–Crippen MR) is 105 cm³/mol. The number of para-hydroxylation sites is 2. The molecule has 26 heavy (non-hydrogen) atoms. The Kier molecular flexibility index (Phi) is 3.81. The van der Waals surface area contributed by atoms with E-state index in [1.54, 1.807) is 4.90 Å². The summed E-state index contributed by atoms with van der Waals surface area (Å²) in [6.07, 6.45) is -0.0485. The fraction of sp³-hybridized carbons (Fsp3) is 0.167. The lowest BCUT2D eigenvalue weighted by Gasteiger charge is -2.37. The van der Waals surface area contributed by atoms with Crippen LogP contribution in [0.3, 0.4) is 0 Å². The fourth-order valence-corrected chi connectivity index (χ4v) is 4.98. The summed E-state index contributed by atoms with van der Waals surface area (Å²) in [5, 5.41) is 1.73. The molecular formula is C18H12ClN3O2S2. The maximum atomic E-state index is 12.6. The number of amides is 1. The smallest absolute Gasteiger partial charge is 0.283 e. The molecule has 1 saturated heterocycles. The van der Waals surface area contributed by atoms with Crippen molar-refractivity contribution in [2.45, 2.75) is 6.10 Å². The van der Waals surface area contributed by atoms with Crippen molar-refractivity contribution in [3.63, 3.8) is 0 Å². The highest BCUT2D eigenvalue weighted by molar-refractivity contribution is 7.20. The third-order valence-electron chi connectivity index (χ3n) is 4.23. The van der Waals surface area contributed by atoms with E-state index in [9.17, 15) is 4.79 Å². The number of thiazole rings is 2. The third kappa shape index (κ3) is 2.72. The van der Waals surface area contributed by atoms with Crippen LogP contribution in [-0.4, -0.2) is 40.0 Å². The van der Waals surface area contributed by atoms with Crippen molar-refractivity contribution in [2.75, 3.05) is 13.1 Å². The van der Waals surface area contributed by atoms with Crippen LogP contribution in [0.25, 0.3) is 20.4 Å². The van der Waals surface area contributed by atoms with Crippen molar-refractivity contribution in [3.05, 3.63) is 52.5 Å². The zero-order chi connectivity index (χ0) is 17.7. The Labute approximate surface area is 161 Å². The van der Waals surface area contributed by atoms with Gasteiger partial charge in [0, 0.05) is 0 Å². The van der Waals surface area contributed by atoms with Gasteiger partial charge in [0.05, 0.1) is 33.0 Å². The second-order valence-corrected chi connectivity index (χ2v) is 8.43. The lowest BCUT2D eigenvalue weighted by atomic mass is 10.1. The molecule has 0 bridgehead atoms. The largest absolute Gasteiger partial charge is 0.463 e. The molecule has 0 unspecified atom stereocenters. The number of fused-ring (bicyclic) bond motifs is 2. The Bertz CT molecular complexity index is 1100. The SMILES string of the molecule is O=C(c1nc2ccccc2s1)N1CC(Oc2nc3c(Cl)cccc3s2)C1. The van der Waals surface area contributed by atoms with E-state index in [1.807, 2.05) is 42.5 Å². The van der Waals surface area contributed by atoms with E-state index in [2.05, 4.69) is 9.97 Å². The second-order valence-electron chi connectivity index (χ2n) is 6.00. The summed E-state index contributed by atoms with van der Waals surface area (Å²) in [6.45, 7) is 1.08. The average molecular weight is 402 g/mol. The van der Waals surface area contributed by atoms with E-state index in [-0.39, 0.29) is 12.0 Å². The molecule has 1 fully saturated rings. The highest BCUT2D eigenvalue weighted by Gasteiger charge is 2.34. The van der Waals surface area contributed by atoms with Gasteiger partial charge >= 0.3 is 0 Å². The molecule has 130 valence electrons. The molecule has 2 aromatic heterocycles. The maximum Gasteiger partial charge on any atom is 0.283 e. The minimum atomic E-state index is -0.0485. The standard InChI is InChI=1S/C18H12ClN3O2S2/c19-11-4-3-7-14-15(11)21-18(26-14)24-10-8-22(9-10)17(23)16-20-12-5-1-2-6-13(12)25-16/h1-7,10H,8-9H2. The maximum absolute atomic E-state index is 12.6. The molecule has 1 aliphatic rings. The Morgan fingerprint density at radius 1 is 1.08 bits per heavy atom. The van der Waals surface area contributed by atoms with E-state index in [0.717, 1.165) is 20.4 Å². The molecule has 5 rings (SSSR count). The van der Waals surface area contributed by atoms with Gasteiger partial charge < -0.3 is 9.64 Å². The lowest BCUT2D eigenvalue weighted by Crippen LogP contribution is -2.56. The Balaban J connectivity index is 1.26. The van der Waals surface area contributed by atoms with Crippen LogP contribution in [-0.2, 0) is 0 Å². The van der Waals surface area contributed by atoms with Gasteiger partial charge in [0.2, 0.25) is 0 Å². The van der Waals surface area contributed by atoms with Gasteiger partial charge in [0.15, 0.2) is 5.01 Å². The first-order chi connectivity index (χ1) is 12.7. The van der Waals surface area contributed by atoms with Crippen molar-refractivity contribution < 1.29 is 9.53 Å². The van der Waals surface area contributed by atoms with Crippen LogP contribution in [0.2, 0.25) is 5.02 Å². The van der Waals surface area contributed by atoms with Gasteiger partial charge in [-0.05, 0) is 24.3 Å². The molecule has 4 aromatic rings. The molecule has 2 aromatic carbocycles. The number of likely N-dealkylation sites (tertiary alicyclic amines) is 1. The van der Waals surface area contributed by atoms with Crippen molar-refractivity contribution in [2.24, 2.45) is 0 Å². The van der Waals surface area contributed by atoms with Gasteiger partial charge in [-0.25, -0.2) is 9.97 Å². The van der Waals surface area contributed by atoms with E-state index in [4.69, 9.17) is 16.3 Å². The lowest BCUT2D eigenvalue weighted by molar-refractivity contribution is 0.0178. The molecule has 0 aliphatic carbocycles. The Hall–Kier alpha value is -2.22. The van der Waals surface area contributed by atoms with Gasteiger partial charge in [-0.1, -0.05) is 41.1 Å². The number of benzene rings is 2. The van der Waals surface area contributed by atoms with Crippen molar-refractivity contribution >= 4 is 60.6 Å². The first-order valence-corrected chi connectivity index (χ1v) is 10.0. The van der Waals surface area contributed by atoms with Crippen LogP contribution in [0, 0.1) is 0 Å². The zero-order valence-corrected chi connectivity index (χ0v) is 15.8. The minimum absolute atomic E-state index is 0.0432. The zero-order valence-electron chi connectivity index (χ0n) is 13.4. The number of aromatic nitrogens is 2. The van der Waals surface area contributed by atoms with Gasteiger partial charge in [-0.2, -0.15) is 0 Å². The molecule has 1 amide bonds. The number of carbonyl (C=O) groups excluding carboxylic acids is 1. The first-order valence-electron chi connectivity index (χ1n) is 8.04. The van der Waals surface area contributed by atoms with Gasteiger partial charge in [0.1, 0.15) is 11.6 Å². The number of hydrogen-bond acceptors (Lipinski definition) is 6. The minimum Gasteiger partial charge on any atom is -0.463 e. The van der Waals surface area contributed by atoms with Crippen LogP contribution in [0.1, 0.15) is 9.80 Å². The summed E-state index contributed by atoms with van der Waals surface area (Å²) in [7, 11) is 0. The van der Waals surface area contributed by atoms with E-state index in [0.29, 0.717) is 28.3 Å². The van der Waals surface area contributed by atoms with Gasteiger partial charge in [-0.3, -0.25) is 4.79 Å². The molecular weight excluding hydrogens is 390 g/mol.